The molecule has 0 aliphatic carbocycles. The van der Waals surface area contributed by atoms with Crippen molar-refractivity contribution in [3.8, 4) is 0 Å². The van der Waals surface area contributed by atoms with E-state index in [2.05, 4.69) is 4.72 Å². The van der Waals surface area contributed by atoms with Crippen molar-refractivity contribution in [3.05, 3.63) is 58.1 Å². The second kappa shape index (κ2) is 5.93. The molecule has 21 heavy (non-hydrogen) atoms. The van der Waals surface area contributed by atoms with Crippen molar-refractivity contribution in [1.82, 2.24) is 0 Å². The third-order valence-electron chi connectivity index (χ3n) is 2.56. The summed E-state index contributed by atoms with van der Waals surface area (Å²) in [6, 6.07) is 9.47. The van der Waals surface area contributed by atoms with E-state index in [4.69, 9.17) is 28.3 Å². The van der Waals surface area contributed by atoms with Gasteiger partial charge in [-0.3, -0.25) is 4.72 Å². The van der Waals surface area contributed by atoms with Gasteiger partial charge in [0.25, 0.3) is 10.0 Å². The Kier molecular flexibility index (Phi) is 4.41. The highest BCUT2D eigenvalue weighted by Gasteiger charge is 2.19. The molecular formula is C13H9Cl2NO4S. The molecule has 2 N–H and O–H groups in total. The summed E-state index contributed by atoms with van der Waals surface area (Å²) in [7, 11) is -3.92. The molecule has 0 heterocycles. The van der Waals surface area contributed by atoms with Crippen molar-refractivity contribution in [2.75, 3.05) is 4.72 Å². The number of benzene rings is 2. The van der Waals surface area contributed by atoms with Crippen molar-refractivity contribution in [2.45, 2.75) is 4.90 Å². The first-order chi connectivity index (χ1) is 9.79. The van der Waals surface area contributed by atoms with Crippen LogP contribution in [0.1, 0.15) is 10.4 Å². The van der Waals surface area contributed by atoms with Gasteiger partial charge in [-0.25, -0.2) is 13.2 Å². The number of aromatic carboxylic acids is 1. The summed E-state index contributed by atoms with van der Waals surface area (Å²) in [5.74, 6) is -1.19. The topological polar surface area (TPSA) is 83.5 Å². The van der Waals surface area contributed by atoms with Crippen LogP contribution in [-0.4, -0.2) is 19.5 Å². The van der Waals surface area contributed by atoms with Crippen LogP contribution in [0.15, 0.2) is 47.4 Å². The Balaban J connectivity index is 2.35. The third-order valence-corrected chi connectivity index (χ3v) is 4.68. The molecule has 110 valence electrons. The van der Waals surface area contributed by atoms with Gasteiger partial charge in [0.05, 0.1) is 10.6 Å². The Bertz CT molecular complexity index is 788. The van der Waals surface area contributed by atoms with Gasteiger partial charge in [-0.05, 0) is 42.5 Å². The van der Waals surface area contributed by atoms with E-state index in [9.17, 15) is 13.2 Å². The Labute approximate surface area is 131 Å². The standard InChI is InChI=1S/C13H9Cl2NO4S/c14-9-2-4-10(5-3-9)16-21(19,20)12-6-1-8(13(17)18)7-11(12)15/h1-7,16H,(H,17,18). The number of anilines is 1. The molecule has 0 aliphatic heterocycles. The fraction of sp³-hybridized carbons (Fsp3) is 0. The van der Waals surface area contributed by atoms with Crippen LogP contribution in [0.2, 0.25) is 10.0 Å². The largest absolute Gasteiger partial charge is 0.478 e. The number of hydrogen-bond donors (Lipinski definition) is 2. The zero-order valence-corrected chi connectivity index (χ0v) is 12.7. The van der Waals surface area contributed by atoms with Crippen molar-refractivity contribution in [1.29, 1.82) is 0 Å². The predicted octanol–water partition coefficient (Wildman–Crippen LogP) is 3.49. The third kappa shape index (κ3) is 3.66. The number of carboxylic acids is 1. The molecule has 0 fully saturated rings. The quantitative estimate of drug-likeness (QED) is 0.888. The van der Waals surface area contributed by atoms with Crippen LogP contribution in [0.4, 0.5) is 5.69 Å². The average Bonchev–Trinajstić information content (AvgIpc) is 2.40. The van der Waals surface area contributed by atoms with Crippen LogP contribution in [0, 0.1) is 0 Å². The van der Waals surface area contributed by atoms with E-state index in [1.165, 1.54) is 30.3 Å². The maximum Gasteiger partial charge on any atom is 0.335 e. The molecule has 0 saturated heterocycles. The summed E-state index contributed by atoms with van der Waals surface area (Å²) in [5.41, 5.74) is 0.225. The maximum absolute atomic E-state index is 12.2. The molecule has 0 atom stereocenters. The molecule has 0 bridgehead atoms. The minimum atomic E-state index is -3.92. The normalized spacial score (nSPS) is 11.1. The van der Waals surface area contributed by atoms with Crippen molar-refractivity contribution >= 4 is 44.9 Å². The second-order valence-electron chi connectivity index (χ2n) is 4.06. The molecule has 2 aromatic carbocycles. The smallest absolute Gasteiger partial charge is 0.335 e. The van der Waals surface area contributed by atoms with Crippen LogP contribution in [0.5, 0.6) is 0 Å². The fourth-order valence-electron chi connectivity index (χ4n) is 1.58. The summed E-state index contributed by atoms with van der Waals surface area (Å²) in [6.07, 6.45) is 0. The zero-order chi connectivity index (χ0) is 15.6. The van der Waals surface area contributed by atoms with Gasteiger partial charge in [0.1, 0.15) is 4.90 Å². The van der Waals surface area contributed by atoms with E-state index in [1.54, 1.807) is 0 Å². The minimum Gasteiger partial charge on any atom is -0.478 e. The molecule has 0 aromatic heterocycles. The Hall–Kier alpha value is -1.76. The molecule has 5 nitrogen and oxygen atoms in total. The van der Waals surface area contributed by atoms with Crippen LogP contribution in [0.25, 0.3) is 0 Å². The molecule has 0 aliphatic rings. The lowest BCUT2D eigenvalue weighted by Crippen LogP contribution is -2.13. The van der Waals surface area contributed by atoms with Crippen molar-refractivity contribution in [2.24, 2.45) is 0 Å². The average molecular weight is 346 g/mol. The second-order valence-corrected chi connectivity index (χ2v) is 6.56. The number of carbonyl (C=O) groups is 1. The predicted molar refractivity (Wildman–Crippen MR) is 80.7 cm³/mol. The summed E-state index contributed by atoms with van der Waals surface area (Å²) in [4.78, 5) is 10.6. The van der Waals surface area contributed by atoms with Crippen LogP contribution < -0.4 is 4.72 Å². The van der Waals surface area contributed by atoms with Gasteiger partial charge in [0.2, 0.25) is 0 Å². The summed E-state index contributed by atoms with van der Waals surface area (Å²) in [6.45, 7) is 0. The number of hydrogen-bond acceptors (Lipinski definition) is 3. The molecule has 8 heteroatoms. The van der Waals surface area contributed by atoms with Crippen LogP contribution >= 0.6 is 23.2 Å². The van der Waals surface area contributed by atoms with Gasteiger partial charge in [0, 0.05) is 10.7 Å². The van der Waals surface area contributed by atoms with Gasteiger partial charge in [0.15, 0.2) is 0 Å². The van der Waals surface area contributed by atoms with E-state index in [0.29, 0.717) is 10.7 Å². The first kappa shape index (κ1) is 15.6. The fourth-order valence-corrected chi connectivity index (χ4v) is 3.31. The first-order valence-corrected chi connectivity index (χ1v) is 7.85. The highest BCUT2D eigenvalue weighted by Crippen LogP contribution is 2.25. The highest BCUT2D eigenvalue weighted by molar-refractivity contribution is 7.92. The zero-order valence-electron chi connectivity index (χ0n) is 10.4. The molecular weight excluding hydrogens is 337 g/mol. The molecule has 0 saturated carbocycles. The number of carboxylic acid groups (broad SMARTS) is 1. The SMILES string of the molecule is O=C(O)c1ccc(S(=O)(=O)Nc2ccc(Cl)cc2)c(Cl)c1. The van der Waals surface area contributed by atoms with E-state index in [0.717, 1.165) is 12.1 Å². The first-order valence-electron chi connectivity index (χ1n) is 5.61. The molecule has 2 rings (SSSR count). The molecule has 0 radical (unpaired) electrons. The van der Waals surface area contributed by atoms with Gasteiger partial charge in [-0.1, -0.05) is 23.2 Å². The lowest BCUT2D eigenvalue weighted by Gasteiger charge is -2.10. The van der Waals surface area contributed by atoms with Crippen molar-refractivity contribution in [3.63, 3.8) is 0 Å². The molecule has 2 aromatic rings. The van der Waals surface area contributed by atoms with Gasteiger partial charge in [-0.2, -0.15) is 0 Å². The Morgan fingerprint density at radius 3 is 2.19 bits per heavy atom. The summed E-state index contributed by atoms with van der Waals surface area (Å²) >= 11 is 11.6. The van der Waals surface area contributed by atoms with E-state index < -0.39 is 16.0 Å². The number of rotatable bonds is 4. The van der Waals surface area contributed by atoms with E-state index in [-0.39, 0.29) is 15.5 Å². The lowest BCUT2D eigenvalue weighted by molar-refractivity contribution is 0.0696. The van der Waals surface area contributed by atoms with Gasteiger partial charge >= 0.3 is 5.97 Å². The lowest BCUT2D eigenvalue weighted by atomic mass is 10.2. The van der Waals surface area contributed by atoms with Crippen LogP contribution in [0.3, 0.4) is 0 Å². The Morgan fingerprint density at radius 2 is 1.67 bits per heavy atom. The molecule has 0 amide bonds. The number of sulfonamides is 1. The summed E-state index contributed by atoms with van der Waals surface area (Å²) < 4.78 is 26.8. The minimum absolute atomic E-state index is 0.0922. The Morgan fingerprint density at radius 1 is 1.05 bits per heavy atom. The van der Waals surface area contributed by atoms with Crippen molar-refractivity contribution < 1.29 is 18.3 Å². The van der Waals surface area contributed by atoms with Crippen LogP contribution in [-0.2, 0) is 10.0 Å². The number of halogens is 2. The van der Waals surface area contributed by atoms with Gasteiger partial charge < -0.3 is 5.11 Å². The highest BCUT2D eigenvalue weighted by atomic mass is 35.5. The maximum atomic E-state index is 12.2. The summed E-state index contributed by atoms with van der Waals surface area (Å²) in [5, 5.41) is 9.13. The monoisotopic (exact) mass is 345 g/mol. The molecule has 0 unspecified atom stereocenters. The van der Waals surface area contributed by atoms with E-state index in [1.807, 2.05) is 0 Å². The molecule has 0 spiro atoms. The van der Waals surface area contributed by atoms with Gasteiger partial charge in [-0.15, -0.1) is 0 Å². The number of nitrogens with one attached hydrogen (secondary N) is 1. The van der Waals surface area contributed by atoms with E-state index >= 15 is 0 Å².